The van der Waals surface area contributed by atoms with E-state index in [9.17, 15) is 4.79 Å². The van der Waals surface area contributed by atoms with Gasteiger partial charge < -0.3 is 20.6 Å². The van der Waals surface area contributed by atoms with Gasteiger partial charge in [-0.2, -0.15) is 0 Å². The van der Waals surface area contributed by atoms with Crippen molar-refractivity contribution >= 4 is 28.0 Å². The Kier molecular flexibility index (Phi) is 6.10. The molecule has 0 aliphatic heterocycles. The summed E-state index contributed by atoms with van der Waals surface area (Å²) in [6, 6.07) is 22.0. The molecule has 0 bridgehead atoms. The minimum absolute atomic E-state index is 0.0642. The number of hydrogen-bond donors (Lipinski definition) is 3. The van der Waals surface area contributed by atoms with Crippen molar-refractivity contribution in [2.24, 2.45) is 12.8 Å². The average molecular weight is 453 g/mol. The summed E-state index contributed by atoms with van der Waals surface area (Å²) in [7, 11) is 1.97. The molecule has 7 nitrogen and oxygen atoms in total. The molecule has 0 atom stereocenters. The van der Waals surface area contributed by atoms with Crippen molar-refractivity contribution < 1.29 is 4.79 Å². The summed E-state index contributed by atoms with van der Waals surface area (Å²) in [5, 5.41) is 3.03. The molecule has 4 N–H and O–H groups in total. The molecule has 3 aromatic carbocycles. The normalized spacial score (nSPS) is 11.4. The molecule has 0 aliphatic carbocycles. The van der Waals surface area contributed by atoms with E-state index in [4.69, 9.17) is 15.7 Å². The van der Waals surface area contributed by atoms with E-state index in [1.165, 1.54) is 5.56 Å². The summed E-state index contributed by atoms with van der Waals surface area (Å²) < 4.78 is 2.03. The lowest BCUT2D eigenvalue weighted by Crippen LogP contribution is -2.24. The van der Waals surface area contributed by atoms with Crippen LogP contribution in [0.3, 0.4) is 0 Å². The number of carbonyl (C=O) groups excluding carboxylic acids is 1. The zero-order valence-corrected chi connectivity index (χ0v) is 19.2. The minimum Gasteiger partial charge on any atom is -0.352 e. The first-order valence-electron chi connectivity index (χ1n) is 11.6. The quantitative estimate of drug-likeness (QED) is 0.311. The summed E-state index contributed by atoms with van der Waals surface area (Å²) in [4.78, 5) is 25.5. The minimum atomic E-state index is -0.0642. The van der Waals surface area contributed by atoms with Gasteiger partial charge in [-0.05, 0) is 54.3 Å². The number of hydrogen-bond acceptors (Lipinski definition) is 4. The van der Waals surface area contributed by atoms with Crippen molar-refractivity contribution in [1.82, 2.24) is 24.8 Å². The molecule has 0 saturated heterocycles. The summed E-state index contributed by atoms with van der Waals surface area (Å²) in [5.41, 5.74) is 12.4. The first-order chi connectivity index (χ1) is 16.6. The average Bonchev–Trinajstić information content (AvgIpc) is 3.41. The van der Waals surface area contributed by atoms with Gasteiger partial charge in [0.1, 0.15) is 11.6 Å². The highest BCUT2D eigenvalue weighted by atomic mass is 16.1. The second-order valence-electron chi connectivity index (χ2n) is 8.55. The van der Waals surface area contributed by atoms with Gasteiger partial charge in [0.25, 0.3) is 5.91 Å². The number of imidazole rings is 2. The SMILES string of the molecule is Cn1c(Cc2nc3ccc(CN)cc3[nH]2)nc2ccc(C(=O)NCCCc3ccccc3)cc21. The fraction of sp³-hybridized carbons (Fsp3) is 0.222. The summed E-state index contributed by atoms with van der Waals surface area (Å²) in [5.74, 6) is 1.66. The molecule has 0 aliphatic rings. The predicted octanol–water partition coefficient (Wildman–Crippen LogP) is 3.86. The number of nitrogens with two attached hydrogens (primary N) is 1. The van der Waals surface area contributed by atoms with Gasteiger partial charge in [0, 0.05) is 25.7 Å². The van der Waals surface area contributed by atoms with Crippen molar-refractivity contribution in [3.8, 4) is 0 Å². The maximum atomic E-state index is 12.7. The Morgan fingerprint density at radius 1 is 1.00 bits per heavy atom. The Bertz CT molecular complexity index is 1450. The van der Waals surface area contributed by atoms with Gasteiger partial charge >= 0.3 is 0 Å². The van der Waals surface area contributed by atoms with Crippen LogP contribution in [-0.2, 0) is 26.4 Å². The zero-order chi connectivity index (χ0) is 23.5. The molecule has 7 heteroatoms. The van der Waals surface area contributed by atoms with Crippen LogP contribution in [0.5, 0.6) is 0 Å². The number of rotatable bonds is 8. The molecule has 0 unspecified atom stereocenters. The Morgan fingerprint density at radius 3 is 2.65 bits per heavy atom. The summed E-state index contributed by atoms with van der Waals surface area (Å²) >= 11 is 0. The standard InChI is InChI=1S/C27H28N6O/c1-33-24-15-20(27(34)29-13-5-8-18-6-3-2-4-7-18)10-12-22(24)32-26(33)16-25-30-21-11-9-19(17-28)14-23(21)31-25/h2-4,6-7,9-12,14-15H,5,8,13,16-17,28H2,1H3,(H,29,34)(H,30,31). The highest BCUT2D eigenvalue weighted by Gasteiger charge is 2.14. The van der Waals surface area contributed by atoms with Gasteiger partial charge in [0.2, 0.25) is 0 Å². The van der Waals surface area contributed by atoms with Gasteiger partial charge in [-0.25, -0.2) is 9.97 Å². The second kappa shape index (κ2) is 9.49. The number of benzene rings is 3. The Labute approximate surface area is 198 Å². The van der Waals surface area contributed by atoms with Gasteiger partial charge in [-0.15, -0.1) is 0 Å². The highest BCUT2D eigenvalue weighted by Crippen LogP contribution is 2.20. The molecular weight excluding hydrogens is 424 g/mol. The molecule has 1 amide bonds. The van der Waals surface area contributed by atoms with Crippen LogP contribution >= 0.6 is 0 Å². The lowest BCUT2D eigenvalue weighted by Gasteiger charge is -2.06. The van der Waals surface area contributed by atoms with E-state index in [2.05, 4.69) is 22.4 Å². The van der Waals surface area contributed by atoms with Crippen molar-refractivity contribution in [3.63, 3.8) is 0 Å². The fourth-order valence-electron chi connectivity index (χ4n) is 4.25. The Balaban J connectivity index is 1.27. The van der Waals surface area contributed by atoms with Gasteiger partial charge in [-0.3, -0.25) is 4.79 Å². The first-order valence-corrected chi connectivity index (χ1v) is 11.6. The number of fused-ring (bicyclic) bond motifs is 2. The van der Waals surface area contributed by atoms with E-state index in [0.29, 0.717) is 25.1 Å². The molecule has 0 saturated carbocycles. The molecular formula is C27H28N6O. The summed E-state index contributed by atoms with van der Waals surface area (Å²) in [6.45, 7) is 1.14. The smallest absolute Gasteiger partial charge is 0.251 e. The van der Waals surface area contributed by atoms with Crippen molar-refractivity contribution in [1.29, 1.82) is 0 Å². The largest absolute Gasteiger partial charge is 0.352 e. The Hall–Kier alpha value is -3.97. The van der Waals surface area contributed by atoms with Crippen LogP contribution in [0.15, 0.2) is 66.7 Å². The Morgan fingerprint density at radius 2 is 1.82 bits per heavy atom. The van der Waals surface area contributed by atoms with E-state index >= 15 is 0 Å². The van der Waals surface area contributed by atoms with E-state index in [0.717, 1.165) is 52.1 Å². The van der Waals surface area contributed by atoms with E-state index in [1.54, 1.807) is 0 Å². The monoisotopic (exact) mass is 452 g/mol. The number of aromatic nitrogens is 4. The van der Waals surface area contributed by atoms with E-state index in [-0.39, 0.29) is 5.91 Å². The zero-order valence-electron chi connectivity index (χ0n) is 19.2. The summed E-state index contributed by atoms with van der Waals surface area (Å²) in [6.07, 6.45) is 2.41. The van der Waals surface area contributed by atoms with Gasteiger partial charge in [0.15, 0.2) is 0 Å². The third kappa shape index (κ3) is 4.56. The van der Waals surface area contributed by atoms with Gasteiger partial charge in [-0.1, -0.05) is 36.4 Å². The number of aryl methyl sites for hydroxylation is 2. The van der Waals surface area contributed by atoms with Crippen molar-refractivity contribution in [2.75, 3.05) is 6.54 Å². The highest BCUT2D eigenvalue weighted by molar-refractivity contribution is 5.97. The van der Waals surface area contributed by atoms with Crippen LogP contribution in [0.1, 0.15) is 39.6 Å². The molecule has 2 heterocycles. The molecule has 34 heavy (non-hydrogen) atoms. The van der Waals surface area contributed by atoms with Crippen LogP contribution in [0.2, 0.25) is 0 Å². The maximum absolute atomic E-state index is 12.7. The van der Waals surface area contributed by atoms with Crippen LogP contribution < -0.4 is 11.1 Å². The van der Waals surface area contributed by atoms with Crippen LogP contribution in [-0.4, -0.2) is 32.0 Å². The topological polar surface area (TPSA) is 102 Å². The fourth-order valence-corrected chi connectivity index (χ4v) is 4.25. The van der Waals surface area contributed by atoms with Crippen molar-refractivity contribution in [2.45, 2.75) is 25.8 Å². The molecule has 0 fully saturated rings. The third-order valence-corrected chi connectivity index (χ3v) is 6.16. The number of nitrogens with zero attached hydrogens (tertiary/aromatic N) is 3. The van der Waals surface area contributed by atoms with E-state index in [1.807, 2.05) is 66.2 Å². The lowest BCUT2D eigenvalue weighted by molar-refractivity contribution is 0.0953. The van der Waals surface area contributed by atoms with Crippen LogP contribution in [0.25, 0.3) is 22.1 Å². The molecule has 172 valence electrons. The molecule has 0 spiro atoms. The first kappa shape index (κ1) is 21.9. The van der Waals surface area contributed by atoms with Crippen LogP contribution in [0.4, 0.5) is 0 Å². The molecule has 0 radical (unpaired) electrons. The number of aromatic amines is 1. The lowest BCUT2D eigenvalue weighted by atomic mass is 10.1. The molecule has 2 aromatic heterocycles. The number of amides is 1. The molecule has 5 rings (SSSR count). The number of H-pyrrole nitrogens is 1. The third-order valence-electron chi connectivity index (χ3n) is 6.16. The maximum Gasteiger partial charge on any atom is 0.251 e. The van der Waals surface area contributed by atoms with Crippen molar-refractivity contribution in [3.05, 3.63) is 95.1 Å². The number of carbonyl (C=O) groups is 1. The van der Waals surface area contributed by atoms with Crippen LogP contribution in [0, 0.1) is 0 Å². The van der Waals surface area contributed by atoms with E-state index < -0.39 is 0 Å². The van der Waals surface area contributed by atoms with Gasteiger partial charge in [0.05, 0.1) is 28.5 Å². The number of nitrogens with one attached hydrogen (secondary N) is 2. The predicted molar refractivity (Wildman–Crippen MR) is 135 cm³/mol. The second-order valence-corrected chi connectivity index (χ2v) is 8.55. The molecule has 5 aromatic rings.